The van der Waals surface area contributed by atoms with Gasteiger partial charge in [0.2, 0.25) is 0 Å². The van der Waals surface area contributed by atoms with E-state index >= 15 is 0 Å². The molecule has 1 nitrogen and oxygen atoms in total. The zero-order chi connectivity index (χ0) is 0. The molecule has 0 aliphatic rings. The molecule has 0 atom stereocenters. The van der Waals surface area contributed by atoms with E-state index in [4.69, 9.17) is 0 Å². The van der Waals surface area contributed by atoms with Gasteiger partial charge in [0, 0.05) is 0 Å². The molecule has 0 aliphatic heterocycles. The summed E-state index contributed by atoms with van der Waals surface area (Å²) in [6.45, 7) is 0. The molecule has 22 valence electrons. The summed E-state index contributed by atoms with van der Waals surface area (Å²) in [4.78, 5) is 0. The summed E-state index contributed by atoms with van der Waals surface area (Å²) in [5.41, 5.74) is 0. The average molecular weight is 85.4 g/mol. The van der Waals surface area contributed by atoms with E-state index in [0.717, 1.165) is 0 Å². The molecule has 0 amide bonds. The Morgan fingerprint density at radius 3 is 1.25 bits per heavy atom. The van der Waals surface area contributed by atoms with Crippen molar-refractivity contribution in [1.82, 2.24) is 0 Å². The van der Waals surface area contributed by atoms with E-state index in [0.29, 0.717) is 0 Å². The predicted molar refractivity (Wildman–Crippen MR) is 29.5 cm³/mol. The first-order valence-corrected chi connectivity index (χ1v) is 0. The van der Waals surface area contributed by atoms with E-state index in [1.807, 2.05) is 0 Å². The van der Waals surface area contributed by atoms with Gasteiger partial charge in [0.15, 0.2) is 17.4 Å². The van der Waals surface area contributed by atoms with Crippen molar-refractivity contribution in [2.75, 3.05) is 0 Å². The Morgan fingerprint density at radius 2 is 1.25 bits per heavy atom. The standard InChI is InChI=1S/Al.Be.Mg.H2O.7H/h;;;1H2;;;;;;;/q;2*+2;;;;;4*-1. The van der Waals surface area contributed by atoms with Crippen molar-refractivity contribution in [3.05, 3.63) is 0 Å². The van der Waals surface area contributed by atoms with Crippen LogP contribution < -0.4 is 0 Å². The van der Waals surface area contributed by atoms with Crippen LogP contribution in [0.5, 0.6) is 0 Å². The maximum absolute atomic E-state index is 0. The Labute approximate surface area is 61.9 Å². The third-order valence-corrected chi connectivity index (χ3v) is 0. The van der Waals surface area contributed by atoms with Crippen molar-refractivity contribution in [2.24, 2.45) is 0 Å². The Kier molecular flexibility index (Phi) is 333. The molecular formula is H9AlBeMgO. The maximum Gasteiger partial charge on any atom is 2.00 e. The Hall–Kier alpha value is 1.43. The van der Waals surface area contributed by atoms with Gasteiger partial charge in [0.1, 0.15) is 0 Å². The van der Waals surface area contributed by atoms with Gasteiger partial charge in [-0.2, -0.15) is 0 Å². The fraction of sp³-hybridized carbons (Fsp3) is 0. The molecule has 2 N–H and O–H groups in total. The predicted octanol–water partition coefficient (Wildman–Crippen LogP) is -2.32. The summed E-state index contributed by atoms with van der Waals surface area (Å²) in [6, 6.07) is 0. The van der Waals surface area contributed by atoms with Gasteiger partial charge >= 0.3 is 33.2 Å². The van der Waals surface area contributed by atoms with Crippen LogP contribution in [0.1, 0.15) is 5.71 Å². The van der Waals surface area contributed by atoms with Gasteiger partial charge < -0.3 is 11.2 Å². The van der Waals surface area contributed by atoms with Gasteiger partial charge in [-0.25, -0.2) is 0 Å². The normalized spacial score (nSPS) is 0. The minimum atomic E-state index is 0. The van der Waals surface area contributed by atoms with E-state index < -0.39 is 0 Å². The molecule has 0 aromatic heterocycles. The minimum Gasteiger partial charge on any atom is -1.00 e. The van der Waals surface area contributed by atoms with Crippen molar-refractivity contribution in [3.8, 4) is 0 Å². The molecule has 0 saturated heterocycles. The summed E-state index contributed by atoms with van der Waals surface area (Å²) in [7, 11) is 0. The molecule has 0 bridgehead atoms. The van der Waals surface area contributed by atoms with E-state index in [1.165, 1.54) is 0 Å². The van der Waals surface area contributed by atoms with Crippen LogP contribution in [0.4, 0.5) is 0 Å². The van der Waals surface area contributed by atoms with Crippen molar-refractivity contribution in [2.45, 2.75) is 0 Å². The van der Waals surface area contributed by atoms with Gasteiger partial charge in [-0.3, -0.25) is 0 Å². The van der Waals surface area contributed by atoms with E-state index in [-0.39, 0.29) is 61.7 Å². The third-order valence-electron chi connectivity index (χ3n) is 0. The largest absolute Gasteiger partial charge is 2.00 e. The van der Waals surface area contributed by atoms with Gasteiger partial charge in [0.05, 0.1) is 0 Å². The van der Waals surface area contributed by atoms with Crippen molar-refractivity contribution in [1.29, 1.82) is 0 Å². The first kappa shape index (κ1) is 52.2. The van der Waals surface area contributed by atoms with Crippen molar-refractivity contribution in [3.63, 3.8) is 0 Å². The molecule has 0 rings (SSSR count). The zero-order valence-corrected chi connectivity index (χ0v) is 3.33. The van der Waals surface area contributed by atoms with Crippen LogP contribution in [0, 0.1) is 0 Å². The number of hydrogen-bond acceptors (Lipinski definition) is 0. The Morgan fingerprint density at radius 1 is 1.25 bits per heavy atom. The van der Waals surface area contributed by atoms with Crippen LogP contribution in [0.3, 0.4) is 0 Å². The molecule has 4 heteroatoms. The monoisotopic (exact) mass is 85.0 g/mol. The maximum atomic E-state index is 0. The van der Waals surface area contributed by atoms with Crippen LogP contribution in [0.2, 0.25) is 0 Å². The molecule has 0 unspecified atom stereocenters. The topological polar surface area (TPSA) is 31.5 Å². The smallest absolute Gasteiger partial charge is 1.00 e. The molecular weight excluding hydrogens is 76.3 g/mol. The zero-order valence-electron chi connectivity index (χ0n) is 5.91. The summed E-state index contributed by atoms with van der Waals surface area (Å²) in [5, 5.41) is 0. The molecule has 0 heterocycles. The Bertz CT molecular complexity index is 16.0. The molecule has 4 heavy (non-hydrogen) atoms. The Balaban J connectivity index is 0. The molecule has 0 aliphatic carbocycles. The second-order valence-electron chi connectivity index (χ2n) is 0. The van der Waals surface area contributed by atoms with Crippen LogP contribution in [0.15, 0.2) is 0 Å². The van der Waals surface area contributed by atoms with Gasteiger partial charge in [-0.1, -0.05) is 0 Å². The second-order valence-corrected chi connectivity index (χ2v) is 0. The minimum absolute atomic E-state index is 0. The van der Waals surface area contributed by atoms with Gasteiger partial charge in [0.25, 0.3) is 0 Å². The van der Waals surface area contributed by atoms with Gasteiger partial charge in [-0.05, 0) is 0 Å². The number of rotatable bonds is 0. The third kappa shape index (κ3) is 9.91. The van der Waals surface area contributed by atoms with Crippen LogP contribution >= 0.6 is 0 Å². The first-order chi connectivity index (χ1) is 0. The summed E-state index contributed by atoms with van der Waals surface area (Å²) in [6.07, 6.45) is 0. The molecule has 0 aromatic carbocycles. The summed E-state index contributed by atoms with van der Waals surface area (Å²) in [5.74, 6) is 0. The SMILES string of the molecule is O.[AlH3].[Be+2].[H-].[H-].[H-].[H-].[Mg+2]. The van der Waals surface area contributed by atoms with E-state index in [9.17, 15) is 0 Å². The van der Waals surface area contributed by atoms with Crippen LogP contribution in [-0.2, 0) is 0 Å². The quantitative estimate of drug-likeness (QED) is 0.296. The average Bonchev–Trinajstić information content (AvgIpc) is 0. The molecule has 0 saturated carbocycles. The van der Waals surface area contributed by atoms with Crippen molar-refractivity contribution < 1.29 is 11.2 Å². The fourth-order valence-electron chi connectivity index (χ4n) is 0. The van der Waals surface area contributed by atoms with Crippen molar-refractivity contribution >= 4 is 50.5 Å². The van der Waals surface area contributed by atoms with Gasteiger partial charge in [-0.15, -0.1) is 0 Å². The second kappa shape index (κ2) is 25.5. The van der Waals surface area contributed by atoms with Crippen LogP contribution in [0.25, 0.3) is 0 Å². The fourth-order valence-corrected chi connectivity index (χ4v) is 0. The van der Waals surface area contributed by atoms with E-state index in [1.54, 1.807) is 0 Å². The molecule has 0 spiro atoms. The number of hydrogen-bond donors (Lipinski definition) is 0. The first-order valence-electron chi connectivity index (χ1n) is 0. The molecule has 0 aromatic rings. The summed E-state index contributed by atoms with van der Waals surface area (Å²) >= 11 is 0. The summed E-state index contributed by atoms with van der Waals surface area (Å²) < 4.78 is 0. The van der Waals surface area contributed by atoms with Crippen LogP contribution in [-0.4, -0.2) is 56.0 Å². The van der Waals surface area contributed by atoms with E-state index in [2.05, 4.69) is 0 Å². The molecule has 0 radical (unpaired) electrons. The molecule has 0 fully saturated rings.